The molecule has 0 aliphatic rings. The minimum Gasteiger partial charge on any atom is -0.306 e. The van der Waals surface area contributed by atoms with Crippen LogP contribution in [0.5, 0.6) is 0 Å². The van der Waals surface area contributed by atoms with Gasteiger partial charge in [-0.05, 0) is 53.3 Å². The molecule has 3 heteroatoms. The molecule has 0 aliphatic heterocycles. The highest BCUT2D eigenvalue weighted by molar-refractivity contribution is 6.26. The van der Waals surface area contributed by atoms with E-state index in [1.54, 1.807) is 0 Å². The van der Waals surface area contributed by atoms with Crippen molar-refractivity contribution in [1.82, 2.24) is 9.38 Å². The Bertz CT molecular complexity index is 1820. The predicted molar refractivity (Wildman–Crippen MR) is 123 cm³/mol. The molecule has 0 radical (unpaired) electrons. The van der Waals surface area contributed by atoms with E-state index in [1.807, 2.05) is 18.2 Å². The molecule has 0 unspecified atom stereocenters. The lowest BCUT2D eigenvalue weighted by atomic mass is 9.99. The zero-order chi connectivity index (χ0) is 20.1. The predicted octanol–water partition coefficient (Wildman–Crippen LogP) is 7.29. The maximum atomic E-state index is 15.2. The molecule has 30 heavy (non-hydrogen) atoms. The van der Waals surface area contributed by atoms with Crippen LogP contribution >= 0.6 is 0 Å². The second kappa shape index (κ2) is 5.25. The maximum absolute atomic E-state index is 15.2. The summed E-state index contributed by atoms with van der Waals surface area (Å²) in [7, 11) is 0. The Morgan fingerprint density at radius 2 is 1.30 bits per heavy atom. The van der Waals surface area contributed by atoms with Gasteiger partial charge in [-0.1, -0.05) is 48.5 Å². The Morgan fingerprint density at radius 3 is 2.03 bits per heavy atom. The van der Waals surface area contributed by atoms with Crippen LogP contribution in [-0.2, 0) is 0 Å². The van der Waals surface area contributed by atoms with Crippen LogP contribution in [0, 0.1) is 19.7 Å². The Balaban J connectivity index is 1.96. The van der Waals surface area contributed by atoms with E-state index in [4.69, 9.17) is 0 Å². The van der Waals surface area contributed by atoms with E-state index in [2.05, 4.69) is 65.7 Å². The highest BCUT2D eigenvalue weighted by Crippen LogP contribution is 2.43. The molecule has 0 aliphatic carbocycles. The van der Waals surface area contributed by atoms with Crippen molar-refractivity contribution < 1.29 is 4.39 Å². The number of nitrogens with zero attached hydrogens (tertiary/aromatic N) is 2. The molecule has 0 spiro atoms. The first-order valence-corrected chi connectivity index (χ1v) is 10.2. The van der Waals surface area contributed by atoms with Gasteiger partial charge in [0.1, 0.15) is 0 Å². The normalized spacial score (nSPS) is 12.5. The summed E-state index contributed by atoms with van der Waals surface area (Å²) in [6.45, 7) is 4.35. The molecule has 0 amide bonds. The first-order valence-electron chi connectivity index (χ1n) is 10.2. The summed E-state index contributed by atoms with van der Waals surface area (Å²) in [6.07, 6.45) is 1.38. The van der Waals surface area contributed by atoms with Crippen molar-refractivity contribution >= 4 is 59.8 Å². The molecule has 0 saturated carbocycles. The van der Waals surface area contributed by atoms with Crippen LogP contribution in [0.4, 0.5) is 4.39 Å². The van der Waals surface area contributed by atoms with Crippen molar-refractivity contribution in [3.8, 4) is 0 Å². The minimum atomic E-state index is -0.272. The standard InChI is InChI=1S/C27H17FN2/c1-14-15(2)26-21-12-17-8-4-3-7-16(17)11-20(21)24-27-23(22(28)13-29-24)18-9-5-6-10-19(18)25(14)30(26)27/h3-13H,1-2H3. The van der Waals surface area contributed by atoms with Gasteiger partial charge in [0.2, 0.25) is 0 Å². The molecule has 0 bridgehead atoms. The van der Waals surface area contributed by atoms with Crippen LogP contribution in [0.3, 0.4) is 0 Å². The monoisotopic (exact) mass is 388 g/mol. The van der Waals surface area contributed by atoms with Crippen molar-refractivity contribution in [3.05, 3.63) is 83.8 Å². The number of benzene rings is 3. The lowest BCUT2D eigenvalue weighted by Gasteiger charge is -2.16. The van der Waals surface area contributed by atoms with Crippen LogP contribution in [0.15, 0.2) is 66.9 Å². The van der Waals surface area contributed by atoms with Gasteiger partial charge in [0.05, 0.1) is 28.3 Å². The number of rotatable bonds is 0. The maximum Gasteiger partial charge on any atom is 0.151 e. The topological polar surface area (TPSA) is 17.3 Å². The van der Waals surface area contributed by atoms with Crippen LogP contribution in [-0.4, -0.2) is 9.38 Å². The van der Waals surface area contributed by atoms with E-state index in [0.29, 0.717) is 5.39 Å². The Hall–Kier alpha value is -3.72. The summed E-state index contributed by atoms with van der Waals surface area (Å²) < 4.78 is 17.5. The van der Waals surface area contributed by atoms with Gasteiger partial charge < -0.3 is 4.40 Å². The smallest absolute Gasteiger partial charge is 0.151 e. The van der Waals surface area contributed by atoms with Gasteiger partial charge in [0.15, 0.2) is 5.82 Å². The van der Waals surface area contributed by atoms with Crippen molar-refractivity contribution in [2.45, 2.75) is 13.8 Å². The average molecular weight is 388 g/mol. The Labute approximate surface area is 171 Å². The second-order valence-corrected chi connectivity index (χ2v) is 8.25. The van der Waals surface area contributed by atoms with Gasteiger partial charge >= 0.3 is 0 Å². The zero-order valence-electron chi connectivity index (χ0n) is 16.6. The molecule has 7 aromatic rings. The van der Waals surface area contributed by atoms with Crippen molar-refractivity contribution in [2.75, 3.05) is 0 Å². The summed E-state index contributed by atoms with van der Waals surface area (Å²) in [5.74, 6) is -0.272. The molecule has 3 aromatic carbocycles. The number of aromatic nitrogens is 2. The van der Waals surface area contributed by atoms with Gasteiger partial charge in [-0.3, -0.25) is 4.98 Å². The van der Waals surface area contributed by atoms with Crippen molar-refractivity contribution in [1.29, 1.82) is 0 Å². The molecule has 7 rings (SSSR count). The molecule has 0 fully saturated rings. The highest BCUT2D eigenvalue weighted by Gasteiger charge is 2.23. The molecule has 4 heterocycles. The van der Waals surface area contributed by atoms with E-state index in [0.717, 1.165) is 43.6 Å². The highest BCUT2D eigenvalue weighted by atomic mass is 19.1. The van der Waals surface area contributed by atoms with Gasteiger partial charge in [-0.25, -0.2) is 4.39 Å². The third-order valence-electron chi connectivity index (χ3n) is 6.80. The molecule has 142 valence electrons. The van der Waals surface area contributed by atoms with Gasteiger partial charge in [0, 0.05) is 21.5 Å². The molecule has 0 N–H and O–H groups in total. The molecule has 0 saturated heterocycles. The van der Waals surface area contributed by atoms with E-state index >= 15 is 4.39 Å². The second-order valence-electron chi connectivity index (χ2n) is 8.25. The number of hydrogen-bond donors (Lipinski definition) is 0. The summed E-state index contributed by atoms with van der Waals surface area (Å²) in [4.78, 5) is 4.62. The van der Waals surface area contributed by atoms with Gasteiger partial charge in [0.25, 0.3) is 0 Å². The number of hydrogen-bond acceptors (Lipinski definition) is 1. The SMILES string of the molecule is Cc1c(C)c2c3ccccc3c3c(F)cnc4c5cc6ccccc6cc5c1n2c43. The van der Waals surface area contributed by atoms with Crippen molar-refractivity contribution in [2.24, 2.45) is 0 Å². The number of halogens is 1. The molecule has 0 atom stereocenters. The van der Waals surface area contributed by atoms with Gasteiger partial charge in [-0.15, -0.1) is 0 Å². The van der Waals surface area contributed by atoms with Crippen LogP contribution < -0.4 is 0 Å². The fourth-order valence-electron chi connectivity index (χ4n) is 5.36. The third-order valence-corrected chi connectivity index (χ3v) is 6.80. The van der Waals surface area contributed by atoms with Crippen LogP contribution in [0.1, 0.15) is 11.1 Å². The number of aryl methyl sites for hydroxylation is 2. The van der Waals surface area contributed by atoms with E-state index in [9.17, 15) is 0 Å². The van der Waals surface area contributed by atoms with Gasteiger partial charge in [-0.2, -0.15) is 0 Å². The summed E-state index contributed by atoms with van der Waals surface area (Å²) in [6, 6.07) is 21.0. The molecular weight excluding hydrogens is 371 g/mol. The molecule has 4 aromatic heterocycles. The quantitative estimate of drug-likeness (QED) is 0.197. The van der Waals surface area contributed by atoms with E-state index in [-0.39, 0.29) is 5.82 Å². The van der Waals surface area contributed by atoms with Crippen molar-refractivity contribution in [3.63, 3.8) is 0 Å². The lowest BCUT2D eigenvalue weighted by molar-refractivity contribution is 0.635. The van der Waals surface area contributed by atoms with E-state index < -0.39 is 0 Å². The fourth-order valence-corrected chi connectivity index (χ4v) is 5.36. The first-order chi connectivity index (χ1) is 14.6. The summed E-state index contributed by atoms with van der Waals surface area (Å²) >= 11 is 0. The number of fused-ring (bicyclic) bond motifs is 7. The third kappa shape index (κ3) is 1.73. The average Bonchev–Trinajstić information content (AvgIpc) is 3.04. The number of pyridine rings is 3. The van der Waals surface area contributed by atoms with Crippen LogP contribution in [0.25, 0.3) is 59.8 Å². The molecule has 2 nitrogen and oxygen atoms in total. The zero-order valence-corrected chi connectivity index (χ0v) is 16.6. The summed E-state index contributed by atoms with van der Waals surface area (Å²) in [5, 5.41) is 7.28. The van der Waals surface area contributed by atoms with E-state index in [1.165, 1.54) is 28.1 Å². The fraction of sp³-hybridized carbons (Fsp3) is 0.0741. The van der Waals surface area contributed by atoms with Crippen LogP contribution in [0.2, 0.25) is 0 Å². The minimum absolute atomic E-state index is 0.272. The lowest BCUT2D eigenvalue weighted by Crippen LogP contribution is -1.99. The summed E-state index contributed by atoms with van der Waals surface area (Å²) in [5.41, 5.74) is 6.50. The first kappa shape index (κ1) is 16.1. The Kier molecular flexibility index (Phi) is 2.82. The molecular formula is C27H17FN2. The Morgan fingerprint density at radius 1 is 0.700 bits per heavy atom. The largest absolute Gasteiger partial charge is 0.306 e.